The minimum atomic E-state index is -0.701. The van der Waals surface area contributed by atoms with Gasteiger partial charge < -0.3 is 19.9 Å². The molecule has 2 heterocycles. The first-order chi connectivity index (χ1) is 6.37. The van der Waals surface area contributed by atoms with Crippen LogP contribution >= 0.6 is 0 Å². The van der Waals surface area contributed by atoms with E-state index in [0.717, 1.165) is 25.9 Å². The SMILES string of the molecule is OCC1(C2CCCNC2)OCCO1. The maximum Gasteiger partial charge on any atom is 0.195 e. The highest BCUT2D eigenvalue weighted by Crippen LogP contribution is 2.31. The molecule has 0 radical (unpaired) electrons. The summed E-state index contributed by atoms with van der Waals surface area (Å²) < 4.78 is 11.0. The van der Waals surface area contributed by atoms with Gasteiger partial charge in [0.05, 0.1) is 19.8 Å². The highest BCUT2D eigenvalue weighted by molar-refractivity contribution is 4.86. The van der Waals surface area contributed by atoms with Gasteiger partial charge in [0.15, 0.2) is 5.79 Å². The molecule has 0 aromatic heterocycles. The van der Waals surface area contributed by atoms with Crippen molar-refractivity contribution >= 4 is 0 Å². The van der Waals surface area contributed by atoms with Crippen LogP contribution in [0.15, 0.2) is 0 Å². The van der Waals surface area contributed by atoms with Crippen molar-refractivity contribution < 1.29 is 14.6 Å². The molecule has 2 rings (SSSR count). The third-order valence-electron chi connectivity index (χ3n) is 2.92. The number of aliphatic hydroxyl groups is 1. The molecule has 76 valence electrons. The molecule has 2 aliphatic rings. The molecule has 2 saturated heterocycles. The Hall–Kier alpha value is -0.160. The summed E-state index contributed by atoms with van der Waals surface area (Å²) in [6.07, 6.45) is 2.21. The van der Waals surface area contributed by atoms with Crippen LogP contribution in [0.25, 0.3) is 0 Å². The number of aliphatic hydroxyl groups excluding tert-OH is 1. The van der Waals surface area contributed by atoms with Crippen LogP contribution < -0.4 is 5.32 Å². The molecule has 4 nitrogen and oxygen atoms in total. The first kappa shape index (κ1) is 9.40. The molecule has 0 saturated carbocycles. The number of hydrogen-bond acceptors (Lipinski definition) is 4. The second-order valence-corrected chi connectivity index (χ2v) is 3.71. The van der Waals surface area contributed by atoms with Gasteiger partial charge in [-0.15, -0.1) is 0 Å². The molecule has 0 bridgehead atoms. The van der Waals surface area contributed by atoms with Crippen molar-refractivity contribution in [3.05, 3.63) is 0 Å². The predicted molar refractivity (Wildman–Crippen MR) is 47.3 cm³/mol. The van der Waals surface area contributed by atoms with Crippen molar-refractivity contribution in [3.8, 4) is 0 Å². The lowest BCUT2D eigenvalue weighted by atomic mass is 9.91. The van der Waals surface area contributed by atoms with Crippen LogP contribution in [0.1, 0.15) is 12.8 Å². The number of ether oxygens (including phenoxy) is 2. The summed E-state index contributed by atoms with van der Waals surface area (Å²) in [7, 11) is 0. The van der Waals surface area contributed by atoms with Crippen molar-refractivity contribution in [2.45, 2.75) is 18.6 Å². The Labute approximate surface area is 78.2 Å². The normalized spacial score (nSPS) is 33.5. The Morgan fingerprint density at radius 3 is 2.69 bits per heavy atom. The van der Waals surface area contributed by atoms with Crippen LogP contribution in [-0.2, 0) is 9.47 Å². The number of piperidine rings is 1. The molecule has 1 unspecified atom stereocenters. The summed E-state index contributed by atoms with van der Waals surface area (Å²) in [5.41, 5.74) is 0. The summed E-state index contributed by atoms with van der Waals surface area (Å²) >= 11 is 0. The van der Waals surface area contributed by atoms with E-state index in [1.807, 2.05) is 0 Å². The maximum absolute atomic E-state index is 9.29. The topological polar surface area (TPSA) is 50.7 Å². The van der Waals surface area contributed by atoms with Crippen LogP contribution in [0.4, 0.5) is 0 Å². The lowest BCUT2D eigenvalue weighted by Crippen LogP contribution is -2.49. The third kappa shape index (κ3) is 1.72. The molecule has 13 heavy (non-hydrogen) atoms. The van der Waals surface area contributed by atoms with Crippen molar-refractivity contribution in [3.63, 3.8) is 0 Å². The van der Waals surface area contributed by atoms with Crippen molar-refractivity contribution in [1.82, 2.24) is 5.32 Å². The Morgan fingerprint density at radius 1 is 1.38 bits per heavy atom. The molecule has 4 heteroatoms. The Morgan fingerprint density at radius 2 is 2.15 bits per heavy atom. The maximum atomic E-state index is 9.29. The van der Waals surface area contributed by atoms with Crippen molar-refractivity contribution in [2.75, 3.05) is 32.9 Å². The summed E-state index contributed by atoms with van der Waals surface area (Å²) in [6, 6.07) is 0. The molecule has 0 aromatic carbocycles. The van der Waals surface area contributed by atoms with E-state index in [2.05, 4.69) is 5.32 Å². The molecule has 2 fully saturated rings. The van der Waals surface area contributed by atoms with E-state index in [1.54, 1.807) is 0 Å². The smallest absolute Gasteiger partial charge is 0.195 e. The van der Waals surface area contributed by atoms with Crippen LogP contribution in [0, 0.1) is 5.92 Å². The quantitative estimate of drug-likeness (QED) is 0.624. The summed E-state index contributed by atoms with van der Waals surface area (Å²) in [6.45, 7) is 3.14. The van der Waals surface area contributed by atoms with Crippen LogP contribution in [0.2, 0.25) is 0 Å². The summed E-state index contributed by atoms with van der Waals surface area (Å²) in [5.74, 6) is -0.401. The number of rotatable bonds is 2. The molecule has 0 amide bonds. The zero-order valence-electron chi connectivity index (χ0n) is 7.79. The number of hydrogen-bond donors (Lipinski definition) is 2. The molecule has 0 spiro atoms. The van der Waals surface area contributed by atoms with Gasteiger partial charge in [0.1, 0.15) is 0 Å². The standard InChI is InChI=1S/C9H17NO3/c11-7-9(12-4-5-13-9)8-2-1-3-10-6-8/h8,10-11H,1-7H2. The first-order valence-electron chi connectivity index (χ1n) is 4.97. The fraction of sp³-hybridized carbons (Fsp3) is 1.00. The Bertz CT molecular complexity index is 162. The average Bonchev–Trinajstić information content (AvgIpc) is 2.69. The van der Waals surface area contributed by atoms with Crippen LogP contribution in [0.3, 0.4) is 0 Å². The van der Waals surface area contributed by atoms with E-state index in [4.69, 9.17) is 9.47 Å². The molecule has 1 atom stereocenters. The van der Waals surface area contributed by atoms with Gasteiger partial charge in [-0.1, -0.05) is 0 Å². The van der Waals surface area contributed by atoms with Gasteiger partial charge in [-0.05, 0) is 19.4 Å². The lowest BCUT2D eigenvalue weighted by molar-refractivity contribution is -0.220. The fourth-order valence-electron chi connectivity index (χ4n) is 2.15. The van der Waals surface area contributed by atoms with Gasteiger partial charge in [-0.2, -0.15) is 0 Å². The molecule has 2 N–H and O–H groups in total. The molecular formula is C9H17NO3. The monoisotopic (exact) mass is 187 g/mol. The summed E-state index contributed by atoms with van der Waals surface area (Å²) in [4.78, 5) is 0. The lowest BCUT2D eigenvalue weighted by Gasteiger charge is -2.36. The average molecular weight is 187 g/mol. The highest BCUT2D eigenvalue weighted by atomic mass is 16.7. The van der Waals surface area contributed by atoms with E-state index in [0.29, 0.717) is 19.1 Å². The molecule has 2 aliphatic heterocycles. The van der Waals surface area contributed by atoms with Gasteiger partial charge >= 0.3 is 0 Å². The predicted octanol–water partition coefficient (Wildman–Crippen LogP) is -0.279. The van der Waals surface area contributed by atoms with E-state index in [1.165, 1.54) is 0 Å². The molecule has 0 aromatic rings. The summed E-state index contributed by atoms with van der Waals surface area (Å²) in [5, 5.41) is 12.6. The second-order valence-electron chi connectivity index (χ2n) is 3.71. The van der Waals surface area contributed by atoms with E-state index in [-0.39, 0.29) is 6.61 Å². The van der Waals surface area contributed by atoms with Crippen LogP contribution in [-0.4, -0.2) is 43.8 Å². The molecular weight excluding hydrogens is 170 g/mol. The zero-order valence-corrected chi connectivity index (χ0v) is 7.79. The van der Waals surface area contributed by atoms with Crippen molar-refractivity contribution in [2.24, 2.45) is 5.92 Å². The van der Waals surface area contributed by atoms with Crippen LogP contribution in [0.5, 0.6) is 0 Å². The Balaban J connectivity index is 2.01. The Kier molecular flexibility index (Phi) is 2.83. The number of nitrogens with one attached hydrogen (secondary N) is 1. The van der Waals surface area contributed by atoms with E-state index >= 15 is 0 Å². The zero-order chi connectivity index (χ0) is 9.15. The van der Waals surface area contributed by atoms with Gasteiger partial charge in [0.2, 0.25) is 0 Å². The largest absolute Gasteiger partial charge is 0.391 e. The fourth-order valence-corrected chi connectivity index (χ4v) is 2.15. The van der Waals surface area contributed by atoms with E-state index in [9.17, 15) is 5.11 Å². The highest BCUT2D eigenvalue weighted by Gasteiger charge is 2.44. The second kappa shape index (κ2) is 3.92. The van der Waals surface area contributed by atoms with Gasteiger partial charge in [0, 0.05) is 12.5 Å². The van der Waals surface area contributed by atoms with Gasteiger partial charge in [0.25, 0.3) is 0 Å². The van der Waals surface area contributed by atoms with E-state index < -0.39 is 5.79 Å². The third-order valence-corrected chi connectivity index (χ3v) is 2.92. The minimum Gasteiger partial charge on any atom is -0.391 e. The van der Waals surface area contributed by atoms with Gasteiger partial charge in [-0.25, -0.2) is 0 Å². The van der Waals surface area contributed by atoms with Crippen molar-refractivity contribution in [1.29, 1.82) is 0 Å². The molecule has 0 aliphatic carbocycles. The first-order valence-corrected chi connectivity index (χ1v) is 4.97. The minimum absolute atomic E-state index is 0.0284. The van der Waals surface area contributed by atoms with Gasteiger partial charge in [-0.3, -0.25) is 0 Å².